The molecule has 0 aliphatic heterocycles. The summed E-state index contributed by atoms with van der Waals surface area (Å²) in [6.45, 7) is 0. The first-order valence-corrected chi connectivity index (χ1v) is 2.68. The van der Waals surface area contributed by atoms with E-state index in [0.717, 1.165) is 0 Å². The molecule has 0 aromatic heterocycles. The van der Waals surface area contributed by atoms with E-state index in [2.05, 4.69) is 0 Å². The summed E-state index contributed by atoms with van der Waals surface area (Å²) in [5.74, 6) is 0. The van der Waals surface area contributed by atoms with Gasteiger partial charge >= 0.3 is 36.3 Å². The van der Waals surface area contributed by atoms with Crippen LogP contribution in [0.15, 0.2) is 0 Å². The summed E-state index contributed by atoms with van der Waals surface area (Å²) in [4.78, 5) is 29.3. The fourth-order valence-corrected chi connectivity index (χ4v) is 0. The molecule has 0 aliphatic rings. The predicted molar refractivity (Wildman–Crippen MR) is 23.2 cm³/mol. The van der Waals surface area contributed by atoms with E-state index in [1.165, 1.54) is 0 Å². The van der Waals surface area contributed by atoms with Crippen molar-refractivity contribution in [1.29, 1.82) is 0 Å². The second-order valence-corrected chi connectivity index (χ2v) is 1.80. The Hall–Kier alpha value is 2.58. The van der Waals surface area contributed by atoms with Crippen molar-refractivity contribution in [1.82, 2.24) is 0 Å². The molecule has 0 aromatic carbocycles. The topological polar surface area (TPSA) is 80.9 Å². The summed E-state index contributed by atoms with van der Waals surface area (Å²) in [7, 11) is -4.61. The maximum atomic E-state index is 7.33. The van der Waals surface area contributed by atoms with Crippen LogP contribution in [0.5, 0.6) is 0 Å². The summed E-state index contributed by atoms with van der Waals surface area (Å²) < 4.78 is 0. The van der Waals surface area contributed by atoms with Crippen molar-refractivity contribution in [2.24, 2.45) is 0 Å². The zero-order valence-corrected chi connectivity index (χ0v) is 14.5. The summed E-state index contributed by atoms with van der Waals surface area (Å²) in [5.41, 5.74) is 0. The number of hydrogen-bond acceptors (Lipinski definition) is 4. The molecule has 0 fully saturated rings. The van der Waals surface area contributed by atoms with Crippen LogP contribution in [0, 0.1) is 0 Å². The second kappa shape index (κ2) is 9.58. The van der Waals surface area contributed by atoms with Crippen LogP contribution < -0.4 is 0 Å². The number of rotatable bonds is 0. The van der Waals surface area contributed by atoms with Gasteiger partial charge in [-0.2, -0.15) is 0 Å². The Morgan fingerprint density at radius 3 is 0.875 bits per heavy atom. The molecule has 0 heterocycles. The van der Waals surface area contributed by atoms with Crippen molar-refractivity contribution in [2.45, 2.75) is 0 Å². The van der Waals surface area contributed by atoms with Gasteiger partial charge in [0, 0.05) is 47.9 Å². The Morgan fingerprint density at radius 2 is 0.875 bits per heavy atom. The van der Waals surface area contributed by atoms with Crippen LogP contribution in [-0.2, 0) is 47.9 Å². The van der Waals surface area contributed by atoms with E-state index < -0.39 is 9.05 Å². The minimum absolute atomic E-state index is 0. The van der Waals surface area contributed by atoms with Crippen LogP contribution in [0.2, 0.25) is 0 Å². The molecule has 0 saturated carbocycles. The third-order valence-electron chi connectivity index (χ3n) is 0. The standard InChI is InChI=1S/H4O4Si.Pb.Ti.Zr.2H/c1-5(2,3)4;;;;;/h1-4H;;;;;. The van der Waals surface area contributed by atoms with Crippen LogP contribution in [0.4, 0.5) is 0 Å². The van der Waals surface area contributed by atoms with E-state index in [1.54, 1.807) is 0 Å². The molecule has 8 heteroatoms. The maximum absolute atomic E-state index is 7.33. The Labute approximate surface area is 102 Å². The van der Waals surface area contributed by atoms with E-state index in [-0.39, 0.29) is 75.2 Å². The first-order valence-electron chi connectivity index (χ1n) is 0.894. The SMILES string of the molecule is O[Si](O)(O)O.[PbH2].[Ti].[Zr]. The molecular weight excluding hydrogens is 438 g/mol. The first kappa shape index (κ1) is 22.4. The Kier molecular flexibility index (Phi) is 26.8. The molecule has 46 valence electrons. The Bertz CT molecular complexity index is 31.5. The van der Waals surface area contributed by atoms with E-state index in [1.807, 2.05) is 0 Å². The third-order valence-corrected chi connectivity index (χ3v) is 0. The maximum Gasteiger partial charge on any atom is 0 e. The van der Waals surface area contributed by atoms with Crippen molar-refractivity contribution >= 4 is 36.3 Å². The minimum atomic E-state index is -4.61. The quantitative estimate of drug-likeness (QED) is 0.292. The van der Waals surface area contributed by atoms with Crippen molar-refractivity contribution in [3.8, 4) is 0 Å². The minimum Gasteiger partial charge on any atom is 0 e. The summed E-state index contributed by atoms with van der Waals surface area (Å²) in [5, 5.41) is 0. The number of hydrogen-bond donors (Lipinski definition) is 4. The zero-order valence-electron chi connectivity index (χ0n) is 4.00. The van der Waals surface area contributed by atoms with Gasteiger partial charge in [0.25, 0.3) is 0 Å². The molecule has 0 saturated heterocycles. The molecule has 0 unspecified atom stereocenters. The monoisotopic (exact) mass is 444 g/mol. The van der Waals surface area contributed by atoms with Gasteiger partial charge in [0.15, 0.2) is 0 Å². The molecular formula is H6O4PbSiTiZr. The molecule has 4 N–H and O–H groups in total. The molecule has 0 spiro atoms. The average Bonchev–Trinajstić information content (AvgIpc) is 0.722. The van der Waals surface area contributed by atoms with Gasteiger partial charge in [-0.1, -0.05) is 0 Å². The van der Waals surface area contributed by atoms with Gasteiger partial charge < -0.3 is 19.2 Å². The van der Waals surface area contributed by atoms with Gasteiger partial charge in [0.1, 0.15) is 0 Å². The molecule has 0 rings (SSSR count). The smallest absolute Gasteiger partial charge is 0 e. The van der Waals surface area contributed by atoms with Gasteiger partial charge in [-0.25, -0.2) is 0 Å². The van der Waals surface area contributed by atoms with Gasteiger partial charge in [0.05, 0.1) is 0 Å². The molecule has 0 atom stereocenters. The van der Waals surface area contributed by atoms with Crippen LogP contribution in [0.25, 0.3) is 0 Å². The summed E-state index contributed by atoms with van der Waals surface area (Å²) >= 11 is 0. The summed E-state index contributed by atoms with van der Waals surface area (Å²) in [6, 6.07) is 0. The molecule has 0 aliphatic carbocycles. The van der Waals surface area contributed by atoms with Gasteiger partial charge in [0.2, 0.25) is 0 Å². The zero-order chi connectivity index (χ0) is 4.50. The van der Waals surface area contributed by atoms with Crippen molar-refractivity contribution in [2.75, 3.05) is 0 Å². The first-order chi connectivity index (χ1) is 2.00. The van der Waals surface area contributed by atoms with Crippen LogP contribution in [0.3, 0.4) is 0 Å². The van der Waals surface area contributed by atoms with Gasteiger partial charge in [-0.05, 0) is 0 Å². The predicted octanol–water partition coefficient (Wildman–Crippen LogP) is -3.53. The fraction of sp³-hybridized carbons (Fsp3) is 0. The molecule has 4 nitrogen and oxygen atoms in total. The van der Waals surface area contributed by atoms with Crippen molar-refractivity contribution in [3.63, 3.8) is 0 Å². The van der Waals surface area contributed by atoms with E-state index in [4.69, 9.17) is 19.2 Å². The molecule has 0 bridgehead atoms. The van der Waals surface area contributed by atoms with Crippen molar-refractivity contribution < 1.29 is 67.1 Å². The molecule has 8 heavy (non-hydrogen) atoms. The van der Waals surface area contributed by atoms with E-state index >= 15 is 0 Å². The van der Waals surface area contributed by atoms with Crippen LogP contribution >= 0.6 is 0 Å². The molecule has 0 aromatic rings. The van der Waals surface area contributed by atoms with Gasteiger partial charge in [-0.15, -0.1) is 0 Å². The molecule has 2 radical (unpaired) electrons. The van der Waals surface area contributed by atoms with Crippen molar-refractivity contribution in [3.05, 3.63) is 0 Å². The van der Waals surface area contributed by atoms with E-state index in [9.17, 15) is 0 Å². The second-order valence-electron chi connectivity index (χ2n) is 0.600. The van der Waals surface area contributed by atoms with Crippen LogP contribution in [0.1, 0.15) is 0 Å². The van der Waals surface area contributed by atoms with Gasteiger partial charge in [-0.3, -0.25) is 0 Å². The molecule has 0 amide bonds. The Morgan fingerprint density at radius 1 is 0.875 bits per heavy atom. The summed E-state index contributed by atoms with van der Waals surface area (Å²) in [6.07, 6.45) is 0. The Balaban J connectivity index is -0.0000000267. The normalized spacial score (nSPS) is 7.50. The fourth-order valence-electron chi connectivity index (χ4n) is 0. The average molecular weight is 444 g/mol. The van der Waals surface area contributed by atoms with Crippen LogP contribution in [-0.4, -0.2) is 55.5 Å². The third kappa shape index (κ3) is 74.2. The largest absolute Gasteiger partial charge is 0 e. The van der Waals surface area contributed by atoms with E-state index in [0.29, 0.717) is 0 Å².